The summed E-state index contributed by atoms with van der Waals surface area (Å²) in [5, 5.41) is 9.39. The highest BCUT2D eigenvalue weighted by Gasteiger charge is 2.26. The van der Waals surface area contributed by atoms with E-state index in [1.807, 2.05) is 50.2 Å². The number of aryl methyl sites for hydroxylation is 1. The SMILES string of the molecule is Cc1cc(CN2CCN(C(C)C(=O)Nc3cccc4ccccc34)CC2)no1. The topological polar surface area (TPSA) is 61.6 Å². The van der Waals surface area contributed by atoms with Gasteiger partial charge in [0.15, 0.2) is 0 Å². The first kappa shape index (κ1) is 18.7. The lowest BCUT2D eigenvalue weighted by molar-refractivity contribution is -0.121. The number of aromatic nitrogens is 1. The maximum Gasteiger partial charge on any atom is 0.241 e. The van der Waals surface area contributed by atoms with Crippen LogP contribution in [0.3, 0.4) is 0 Å². The number of amides is 1. The van der Waals surface area contributed by atoms with Gasteiger partial charge in [-0.15, -0.1) is 0 Å². The van der Waals surface area contributed by atoms with Gasteiger partial charge in [-0.05, 0) is 25.3 Å². The minimum atomic E-state index is -0.171. The minimum absolute atomic E-state index is 0.0388. The Bertz CT molecular complexity index is 955. The summed E-state index contributed by atoms with van der Waals surface area (Å²) in [6.07, 6.45) is 0. The van der Waals surface area contributed by atoms with Crippen molar-refractivity contribution in [2.75, 3.05) is 31.5 Å². The lowest BCUT2D eigenvalue weighted by Crippen LogP contribution is -2.52. The molecule has 1 aromatic heterocycles. The molecule has 1 N–H and O–H groups in total. The van der Waals surface area contributed by atoms with E-state index < -0.39 is 0 Å². The van der Waals surface area contributed by atoms with Crippen molar-refractivity contribution in [2.45, 2.75) is 26.4 Å². The zero-order chi connectivity index (χ0) is 19.5. The predicted octanol–water partition coefficient (Wildman–Crippen LogP) is 3.28. The first-order chi connectivity index (χ1) is 13.6. The number of piperazine rings is 1. The van der Waals surface area contributed by atoms with Crippen molar-refractivity contribution in [3.05, 3.63) is 60.0 Å². The fourth-order valence-electron chi connectivity index (χ4n) is 3.77. The Balaban J connectivity index is 1.34. The van der Waals surface area contributed by atoms with Crippen LogP contribution in [0.25, 0.3) is 10.8 Å². The van der Waals surface area contributed by atoms with Crippen LogP contribution in [0.1, 0.15) is 18.4 Å². The van der Waals surface area contributed by atoms with E-state index >= 15 is 0 Å². The van der Waals surface area contributed by atoms with Gasteiger partial charge in [0, 0.05) is 49.9 Å². The number of nitrogens with one attached hydrogen (secondary N) is 1. The molecule has 1 aliphatic rings. The second-order valence-electron chi connectivity index (χ2n) is 7.43. The van der Waals surface area contributed by atoms with Crippen LogP contribution in [0, 0.1) is 6.92 Å². The number of anilines is 1. The molecule has 2 aromatic carbocycles. The van der Waals surface area contributed by atoms with E-state index in [2.05, 4.69) is 32.4 Å². The van der Waals surface area contributed by atoms with Gasteiger partial charge in [-0.1, -0.05) is 41.6 Å². The summed E-state index contributed by atoms with van der Waals surface area (Å²) in [6.45, 7) is 8.24. The van der Waals surface area contributed by atoms with Crippen LogP contribution in [-0.2, 0) is 11.3 Å². The summed E-state index contributed by atoms with van der Waals surface area (Å²) < 4.78 is 5.14. The van der Waals surface area contributed by atoms with Crippen molar-refractivity contribution in [2.24, 2.45) is 0 Å². The first-order valence-electron chi connectivity index (χ1n) is 9.77. The van der Waals surface area contributed by atoms with Crippen molar-refractivity contribution in [1.82, 2.24) is 15.0 Å². The average Bonchev–Trinajstić information content (AvgIpc) is 3.13. The second-order valence-corrected chi connectivity index (χ2v) is 7.43. The van der Waals surface area contributed by atoms with Crippen LogP contribution in [-0.4, -0.2) is 53.1 Å². The molecule has 146 valence electrons. The van der Waals surface area contributed by atoms with E-state index in [0.29, 0.717) is 0 Å². The van der Waals surface area contributed by atoms with E-state index in [9.17, 15) is 4.79 Å². The number of carbonyl (C=O) groups is 1. The summed E-state index contributed by atoms with van der Waals surface area (Å²) in [4.78, 5) is 17.4. The molecular formula is C22H26N4O2. The smallest absolute Gasteiger partial charge is 0.241 e. The fraction of sp³-hybridized carbons (Fsp3) is 0.364. The molecule has 1 amide bonds. The largest absolute Gasteiger partial charge is 0.361 e. The van der Waals surface area contributed by atoms with Crippen molar-refractivity contribution < 1.29 is 9.32 Å². The molecule has 1 aliphatic heterocycles. The molecule has 0 saturated carbocycles. The molecular weight excluding hydrogens is 352 g/mol. The summed E-state index contributed by atoms with van der Waals surface area (Å²) in [5.74, 6) is 0.879. The number of hydrogen-bond acceptors (Lipinski definition) is 5. The Morgan fingerprint density at radius 3 is 2.64 bits per heavy atom. The van der Waals surface area contributed by atoms with Gasteiger partial charge < -0.3 is 9.84 Å². The number of nitrogens with zero attached hydrogens (tertiary/aromatic N) is 3. The van der Waals surface area contributed by atoms with E-state index in [4.69, 9.17) is 4.52 Å². The monoisotopic (exact) mass is 378 g/mol. The highest BCUT2D eigenvalue weighted by Crippen LogP contribution is 2.23. The van der Waals surface area contributed by atoms with Gasteiger partial charge in [-0.3, -0.25) is 14.6 Å². The van der Waals surface area contributed by atoms with Gasteiger partial charge in [0.25, 0.3) is 0 Å². The lowest BCUT2D eigenvalue weighted by atomic mass is 10.1. The van der Waals surface area contributed by atoms with Gasteiger partial charge in [0.05, 0.1) is 11.7 Å². The number of fused-ring (bicyclic) bond motifs is 1. The van der Waals surface area contributed by atoms with Gasteiger partial charge in [-0.2, -0.15) is 0 Å². The first-order valence-corrected chi connectivity index (χ1v) is 9.77. The molecule has 1 saturated heterocycles. The van der Waals surface area contributed by atoms with Crippen molar-refractivity contribution >= 4 is 22.4 Å². The van der Waals surface area contributed by atoms with Crippen molar-refractivity contribution in [3.63, 3.8) is 0 Å². The van der Waals surface area contributed by atoms with E-state index in [1.165, 1.54) is 0 Å². The van der Waals surface area contributed by atoms with E-state index in [-0.39, 0.29) is 11.9 Å². The zero-order valence-corrected chi connectivity index (χ0v) is 16.4. The fourth-order valence-corrected chi connectivity index (χ4v) is 3.77. The third-order valence-electron chi connectivity index (χ3n) is 5.44. The van der Waals surface area contributed by atoms with Gasteiger partial charge >= 0.3 is 0 Å². The van der Waals surface area contributed by atoms with Crippen LogP contribution < -0.4 is 5.32 Å². The molecule has 28 heavy (non-hydrogen) atoms. The molecule has 0 aliphatic carbocycles. The Hall–Kier alpha value is -2.70. The molecule has 1 atom stereocenters. The third-order valence-corrected chi connectivity index (χ3v) is 5.44. The minimum Gasteiger partial charge on any atom is -0.361 e. The molecule has 6 heteroatoms. The van der Waals surface area contributed by atoms with Crippen LogP contribution >= 0.6 is 0 Å². The third kappa shape index (κ3) is 4.08. The van der Waals surface area contributed by atoms with Crippen LogP contribution in [0.4, 0.5) is 5.69 Å². The van der Waals surface area contributed by atoms with E-state index in [1.54, 1.807) is 0 Å². The Morgan fingerprint density at radius 2 is 1.89 bits per heavy atom. The second kappa shape index (κ2) is 8.12. The lowest BCUT2D eigenvalue weighted by Gasteiger charge is -2.37. The normalized spacial score (nSPS) is 16.9. The predicted molar refractivity (Wildman–Crippen MR) is 110 cm³/mol. The quantitative estimate of drug-likeness (QED) is 0.738. The Morgan fingerprint density at radius 1 is 1.14 bits per heavy atom. The molecule has 1 fully saturated rings. The Kier molecular flexibility index (Phi) is 5.41. The van der Waals surface area contributed by atoms with Crippen molar-refractivity contribution in [1.29, 1.82) is 0 Å². The molecule has 0 spiro atoms. The molecule has 0 bridgehead atoms. The molecule has 0 radical (unpaired) electrons. The summed E-state index contributed by atoms with van der Waals surface area (Å²) in [5.41, 5.74) is 1.84. The van der Waals surface area contributed by atoms with Gasteiger partial charge in [0.2, 0.25) is 5.91 Å². The Labute approximate surface area is 165 Å². The van der Waals surface area contributed by atoms with Crippen LogP contribution in [0.15, 0.2) is 53.1 Å². The number of hydrogen-bond donors (Lipinski definition) is 1. The van der Waals surface area contributed by atoms with Gasteiger partial charge in [-0.25, -0.2) is 0 Å². The molecule has 4 rings (SSSR count). The highest BCUT2D eigenvalue weighted by atomic mass is 16.5. The van der Waals surface area contributed by atoms with Gasteiger partial charge in [0.1, 0.15) is 5.76 Å². The van der Waals surface area contributed by atoms with Crippen LogP contribution in [0.2, 0.25) is 0 Å². The number of benzene rings is 2. The molecule has 3 aromatic rings. The maximum absolute atomic E-state index is 12.8. The molecule has 1 unspecified atom stereocenters. The summed E-state index contributed by atoms with van der Waals surface area (Å²) >= 11 is 0. The molecule has 2 heterocycles. The molecule has 6 nitrogen and oxygen atoms in total. The van der Waals surface area contributed by atoms with Crippen molar-refractivity contribution in [3.8, 4) is 0 Å². The van der Waals surface area contributed by atoms with E-state index in [0.717, 1.165) is 60.6 Å². The summed E-state index contributed by atoms with van der Waals surface area (Å²) in [7, 11) is 0. The number of carbonyl (C=O) groups excluding carboxylic acids is 1. The highest BCUT2D eigenvalue weighted by molar-refractivity contribution is 6.03. The summed E-state index contributed by atoms with van der Waals surface area (Å²) in [6, 6.07) is 15.9. The maximum atomic E-state index is 12.8. The standard InChI is InChI=1S/C22H26N4O2/c1-16-14-19(24-28-16)15-25-10-12-26(13-11-25)17(2)22(27)23-21-9-5-7-18-6-3-4-8-20(18)21/h3-9,14,17H,10-13,15H2,1-2H3,(H,23,27). The number of rotatable bonds is 5. The van der Waals surface area contributed by atoms with Crippen LogP contribution in [0.5, 0.6) is 0 Å². The zero-order valence-electron chi connectivity index (χ0n) is 16.4. The average molecular weight is 378 g/mol.